The minimum absolute atomic E-state index is 0.0529. The van der Waals surface area contributed by atoms with Crippen molar-refractivity contribution in [3.8, 4) is 5.75 Å². The number of carbonyl (C=O) groups excluding carboxylic acids is 1. The number of ether oxygens (including phenoxy) is 1. The van der Waals surface area contributed by atoms with Crippen LogP contribution < -0.4 is 10.1 Å². The lowest BCUT2D eigenvalue weighted by Crippen LogP contribution is -2.34. The van der Waals surface area contributed by atoms with Crippen molar-refractivity contribution in [3.63, 3.8) is 0 Å². The van der Waals surface area contributed by atoms with Gasteiger partial charge in [0.2, 0.25) is 5.91 Å². The van der Waals surface area contributed by atoms with E-state index in [-0.39, 0.29) is 23.5 Å². The van der Waals surface area contributed by atoms with Gasteiger partial charge in [0, 0.05) is 0 Å². The molecule has 1 heterocycles. The van der Waals surface area contributed by atoms with Gasteiger partial charge in [-0.3, -0.25) is 4.79 Å². The predicted molar refractivity (Wildman–Crippen MR) is 79.6 cm³/mol. The average Bonchev–Trinajstić information content (AvgIpc) is 2.96. The van der Waals surface area contributed by atoms with Crippen LogP contribution >= 0.6 is 11.8 Å². The summed E-state index contributed by atoms with van der Waals surface area (Å²) < 4.78 is 46.6. The van der Waals surface area contributed by atoms with E-state index in [0.717, 1.165) is 17.3 Å². The third-order valence-electron chi connectivity index (χ3n) is 2.61. The lowest BCUT2D eigenvalue weighted by molar-refractivity contribution is -0.136. The smallest absolute Gasteiger partial charge is 0.405 e. The van der Waals surface area contributed by atoms with Crippen LogP contribution in [0.5, 0.6) is 5.75 Å². The molecule has 1 aromatic heterocycles. The topological polar surface area (TPSA) is 77.2 Å². The first-order valence-electron chi connectivity index (χ1n) is 6.80. The van der Waals surface area contributed by atoms with Crippen molar-refractivity contribution in [2.75, 3.05) is 12.3 Å². The van der Waals surface area contributed by atoms with Crippen LogP contribution in [0.25, 0.3) is 0 Å². The van der Waals surface area contributed by atoms with Crippen LogP contribution in [-0.2, 0) is 11.4 Å². The van der Waals surface area contributed by atoms with Crippen LogP contribution in [0.3, 0.4) is 0 Å². The minimum Gasteiger partial charge on any atom is -0.484 e. The molecule has 130 valence electrons. The number of aryl methyl sites for hydroxylation is 1. The Hall–Kier alpha value is -2.23. The highest BCUT2D eigenvalue weighted by atomic mass is 32.2. The van der Waals surface area contributed by atoms with Crippen LogP contribution in [0.15, 0.2) is 33.9 Å². The quantitative estimate of drug-likeness (QED) is 0.764. The average molecular weight is 361 g/mol. The number of amides is 1. The van der Waals surface area contributed by atoms with Gasteiger partial charge in [-0.25, -0.2) is 0 Å². The second kappa shape index (κ2) is 8.04. The largest absolute Gasteiger partial charge is 0.484 e. The number of carbonyl (C=O) groups is 1. The number of benzene rings is 1. The van der Waals surface area contributed by atoms with Gasteiger partial charge in [-0.05, 0) is 24.6 Å². The number of halogens is 3. The lowest BCUT2D eigenvalue weighted by atomic mass is 10.2. The highest BCUT2D eigenvalue weighted by molar-refractivity contribution is 7.99. The number of nitrogens with zero attached hydrogens (tertiary/aromatic N) is 2. The van der Waals surface area contributed by atoms with Crippen molar-refractivity contribution in [1.29, 1.82) is 0 Å². The summed E-state index contributed by atoms with van der Waals surface area (Å²) in [7, 11) is 0. The van der Waals surface area contributed by atoms with Crippen molar-refractivity contribution >= 4 is 17.7 Å². The summed E-state index contributed by atoms with van der Waals surface area (Å²) in [5, 5.41) is 9.27. The molecule has 0 atom stereocenters. The van der Waals surface area contributed by atoms with Gasteiger partial charge in [0.1, 0.15) is 12.3 Å². The molecule has 0 saturated heterocycles. The van der Waals surface area contributed by atoms with E-state index in [9.17, 15) is 18.0 Å². The van der Waals surface area contributed by atoms with Gasteiger partial charge in [0.25, 0.3) is 11.1 Å². The monoisotopic (exact) mass is 361 g/mol. The number of alkyl halides is 3. The molecular weight excluding hydrogens is 347 g/mol. The zero-order valence-electron chi connectivity index (χ0n) is 12.6. The fraction of sp³-hybridized carbons (Fsp3) is 0.357. The van der Waals surface area contributed by atoms with Gasteiger partial charge in [0.05, 0.1) is 5.75 Å². The summed E-state index contributed by atoms with van der Waals surface area (Å²) in [5.41, 5.74) is 1.04. The summed E-state index contributed by atoms with van der Waals surface area (Å²) in [4.78, 5) is 11.3. The van der Waals surface area contributed by atoms with Crippen LogP contribution in [0.4, 0.5) is 13.2 Å². The van der Waals surface area contributed by atoms with Crippen molar-refractivity contribution < 1.29 is 27.1 Å². The molecule has 2 rings (SSSR count). The second-order valence-electron chi connectivity index (χ2n) is 4.75. The Morgan fingerprint density at radius 3 is 2.88 bits per heavy atom. The third kappa shape index (κ3) is 6.49. The van der Waals surface area contributed by atoms with E-state index in [2.05, 4.69) is 10.2 Å². The van der Waals surface area contributed by atoms with Crippen LogP contribution in [0.2, 0.25) is 0 Å². The molecule has 0 saturated carbocycles. The molecule has 0 unspecified atom stereocenters. The maximum absolute atomic E-state index is 12.0. The Bertz CT molecular complexity index is 691. The molecule has 0 bridgehead atoms. The maximum Gasteiger partial charge on any atom is 0.405 e. The standard InChI is InChI=1S/C14H14F3N3O3S/c1-9-3-2-4-10(5-9)22-6-12-19-20-13(23-12)24-7-11(21)18-8-14(15,16)17/h2-5H,6-8H2,1H3,(H,18,21). The minimum atomic E-state index is -4.44. The summed E-state index contributed by atoms with van der Waals surface area (Å²) in [6, 6.07) is 7.40. The molecule has 0 aliphatic carbocycles. The highest BCUT2D eigenvalue weighted by Gasteiger charge is 2.27. The lowest BCUT2D eigenvalue weighted by Gasteiger charge is -2.07. The summed E-state index contributed by atoms with van der Waals surface area (Å²) in [6.07, 6.45) is -4.44. The van der Waals surface area contributed by atoms with Crippen molar-refractivity contribution in [3.05, 3.63) is 35.7 Å². The van der Waals surface area contributed by atoms with E-state index in [1.54, 1.807) is 11.4 Å². The van der Waals surface area contributed by atoms with Gasteiger partial charge in [-0.2, -0.15) is 13.2 Å². The zero-order valence-corrected chi connectivity index (χ0v) is 13.4. The van der Waals surface area contributed by atoms with Crippen LogP contribution in [-0.4, -0.2) is 34.6 Å². The zero-order chi connectivity index (χ0) is 17.6. The Labute approximate surface area is 139 Å². The second-order valence-corrected chi connectivity index (χ2v) is 5.67. The first kappa shape index (κ1) is 18.1. The van der Waals surface area contributed by atoms with Gasteiger partial charge in [-0.15, -0.1) is 10.2 Å². The number of thioether (sulfide) groups is 1. The number of hydrogen-bond acceptors (Lipinski definition) is 6. The molecule has 0 spiro atoms. The Morgan fingerprint density at radius 1 is 1.38 bits per heavy atom. The van der Waals surface area contributed by atoms with E-state index >= 15 is 0 Å². The van der Waals surface area contributed by atoms with E-state index in [0.29, 0.717) is 5.75 Å². The normalized spacial score (nSPS) is 11.3. The number of hydrogen-bond donors (Lipinski definition) is 1. The molecule has 0 aliphatic heterocycles. The molecule has 0 radical (unpaired) electrons. The van der Waals surface area contributed by atoms with Gasteiger partial charge in [-0.1, -0.05) is 23.9 Å². The molecule has 1 amide bonds. The molecule has 0 aliphatic rings. The first-order valence-corrected chi connectivity index (χ1v) is 7.78. The summed E-state index contributed by atoms with van der Waals surface area (Å²) in [5.74, 6) is -0.173. The van der Waals surface area contributed by atoms with E-state index in [1.165, 1.54) is 0 Å². The number of aromatic nitrogens is 2. The molecule has 6 nitrogen and oxygen atoms in total. The van der Waals surface area contributed by atoms with E-state index in [1.807, 2.05) is 25.1 Å². The summed E-state index contributed by atoms with van der Waals surface area (Å²) >= 11 is 0.849. The molecule has 1 aromatic carbocycles. The fourth-order valence-electron chi connectivity index (χ4n) is 1.58. The number of rotatable bonds is 7. The maximum atomic E-state index is 12.0. The Morgan fingerprint density at radius 2 is 2.17 bits per heavy atom. The predicted octanol–water partition coefficient (Wildman–Crippen LogP) is 2.73. The van der Waals surface area contributed by atoms with Gasteiger partial charge in [0.15, 0.2) is 6.61 Å². The van der Waals surface area contributed by atoms with Crippen molar-refractivity contribution in [2.45, 2.75) is 24.9 Å². The molecule has 0 fully saturated rings. The van der Waals surface area contributed by atoms with E-state index < -0.39 is 18.6 Å². The van der Waals surface area contributed by atoms with Crippen molar-refractivity contribution in [1.82, 2.24) is 15.5 Å². The van der Waals surface area contributed by atoms with Crippen molar-refractivity contribution in [2.24, 2.45) is 0 Å². The van der Waals surface area contributed by atoms with E-state index in [4.69, 9.17) is 9.15 Å². The summed E-state index contributed by atoms with van der Waals surface area (Å²) in [6.45, 7) is 0.612. The molecular formula is C14H14F3N3O3S. The van der Waals surface area contributed by atoms with Gasteiger partial charge < -0.3 is 14.5 Å². The molecule has 1 N–H and O–H groups in total. The SMILES string of the molecule is Cc1cccc(OCc2nnc(SCC(=O)NCC(F)(F)F)o2)c1. The number of nitrogens with one attached hydrogen (secondary N) is 1. The van der Waals surface area contributed by atoms with Gasteiger partial charge >= 0.3 is 6.18 Å². The fourth-order valence-corrected chi connectivity index (χ4v) is 2.19. The molecule has 10 heteroatoms. The Balaban J connectivity index is 1.75. The third-order valence-corrected chi connectivity index (χ3v) is 3.43. The molecule has 24 heavy (non-hydrogen) atoms. The van der Waals surface area contributed by atoms with Crippen LogP contribution in [0.1, 0.15) is 11.5 Å². The van der Waals surface area contributed by atoms with Crippen LogP contribution in [0, 0.1) is 6.92 Å². The first-order chi connectivity index (χ1) is 11.3. The highest BCUT2D eigenvalue weighted by Crippen LogP contribution is 2.18. The Kier molecular flexibility index (Phi) is 6.07. The molecule has 2 aromatic rings.